The van der Waals surface area contributed by atoms with Gasteiger partial charge in [0, 0.05) is 25.2 Å². The first-order valence-electron chi connectivity index (χ1n) is 8.00. The molecule has 1 heterocycles. The second-order valence-corrected chi connectivity index (χ2v) is 6.15. The molecule has 0 bridgehead atoms. The normalized spacial score (nSPS) is 24.5. The van der Waals surface area contributed by atoms with Gasteiger partial charge in [0.05, 0.1) is 6.04 Å². The number of rotatable bonds is 5. The predicted octanol–water partition coefficient (Wildman–Crippen LogP) is 1.64. The summed E-state index contributed by atoms with van der Waals surface area (Å²) in [5.41, 5.74) is 5.85. The van der Waals surface area contributed by atoms with Crippen LogP contribution in [0.25, 0.3) is 0 Å². The average Bonchev–Trinajstić information content (AvgIpc) is 2.94. The van der Waals surface area contributed by atoms with Gasteiger partial charge in [-0.15, -0.1) is 0 Å². The molecule has 4 nitrogen and oxygen atoms in total. The number of carbonyl (C=O) groups excluding carboxylic acids is 1. The minimum atomic E-state index is -0.321. The molecule has 0 aromatic heterocycles. The van der Waals surface area contributed by atoms with Crippen molar-refractivity contribution in [3.05, 3.63) is 0 Å². The Morgan fingerprint density at radius 3 is 2.47 bits per heavy atom. The maximum absolute atomic E-state index is 11.9. The van der Waals surface area contributed by atoms with Crippen molar-refractivity contribution in [2.45, 2.75) is 76.4 Å². The van der Waals surface area contributed by atoms with Gasteiger partial charge in [0.2, 0.25) is 5.91 Å². The molecular formula is C15H29N3O. The van der Waals surface area contributed by atoms with Gasteiger partial charge in [-0.1, -0.05) is 26.2 Å². The van der Waals surface area contributed by atoms with Crippen LogP contribution >= 0.6 is 0 Å². The molecule has 0 spiro atoms. The van der Waals surface area contributed by atoms with E-state index in [1.54, 1.807) is 0 Å². The van der Waals surface area contributed by atoms with Crippen LogP contribution in [0.15, 0.2) is 0 Å². The van der Waals surface area contributed by atoms with Crippen molar-refractivity contribution in [1.82, 2.24) is 10.2 Å². The summed E-state index contributed by atoms with van der Waals surface area (Å²) in [5, 5.41) is 3.12. The zero-order valence-corrected chi connectivity index (χ0v) is 12.2. The molecule has 110 valence electrons. The third-order valence-corrected chi connectivity index (χ3v) is 4.65. The fourth-order valence-corrected chi connectivity index (χ4v) is 3.43. The lowest BCUT2D eigenvalue weighted by Gasteiger charge is -2.36. The van der Waals surface area contributed by atoms with E-state index in [0.29, 0.717) is 6.04 Å². The van der Waals surface area contributed by atoms with Crippen LogP contribution in [0.5, 0.6) is 0 Å². The Kier molecular flexibility index (Phi) is 5.64. The molecule has 19 heavy (non-hydrogen) atoms. The van der Waals surface area contributed by atoms with Crippen molar-refractivity contribution in [3.63, 3.8) is 0 Å². The third kappa shape index (κ3) is 4.18. The van der Waals surface area contributed by atoms with Crippen LogP contribution in [0.2, 0.25) is 0 Å². The van der Waals surface area contributed by atoms with Crippen molar-refractivity contribution >= 4 is 5.91 Å². The van der Waals surface area contributed by atoms with Gasteiger partial charge in [0.1, 0.15) is 0 Å². The highest BCUT2D eigenvalue weighted by Crippen LogP contribution is 2.26. The van der Waals surface area contributed by atoms with E-state index in [-0.39, 0.29) is 11.9 Å². The first-order valence-corrected chi connectivity index (χ1v) is 8.00. The summed E-state index contributed by atoms with van der Waals surface area (Å²) in [5.74, 6) is 0.0427. The lowest BCUT2D eigenvalue weighted by Crippen LogP contribution is -2.50. The zero-order valence-electron chi connectivity index (χ0n) is 12.2. The summed E-state index contributed by atoms with van der Waals surface area (Å²) in [7, 11) is 0. The molecular weight excluding hydrogens is 238 g/mol. The van der Waals surface area contributed by atoms with E-state index in [4.69, 9.17) is 5.73 Å². The molecule has 0 radical (unpaired) electrons. The van der Waals surface area contributed by atoms with E-state index in [1.165, 1.54) is 25.7 Å². The Labute approximate surface area is 117 Å². The Hall–Kier alpha value is -0.610. The molecule has 4 heteroatoms. The van der Waals surface area contributed by atoms with Gasteiger partial charge >= 0.3 is 0 Å². The first-order chi connectivity index (χ1) is 9.20. The summed E-state index contributed by atoms with van der Waals surface area (Å²) >= 11 is 0. The Morgan fingerprint density at radius 1 is 1.26 bits per heavy atom. The van der Waals surface area contributed by atoms with Crippen LogP contribution in [0.1, 0.15) is 58.3 Å². The fourth-order valence-electron chi connectivity index (χ4n) is 3.43. The third-order valence-electron chi connectivity index (χ3n) is 4.65. The van der Waals surface area contributed by atoms with Gasteiger partial charge in [-0.25, -0.2) is 0 Å². The number of nitrogens with one attached hydrogen (secondary N) is 1. The molecule has 0 aromatic carbocycles. The highest BCUT2D eigenvalue weighted by molar-refractivity contribution is 5.81. The van der Waals surface area contributed by atoms with E-state index < -0.39 is 0 Å². The molecule has 1 unspecified atom stereocenters. The quantitative estimate of drug-likeness (QED) is 0.796. The lowest BCUT2D eigenvalue weighted by molar-refractivity contribution is -0.123. The van der Waals surface area contributed by atoms with E-state index in [2.05, 4.69) is 17.1 Å². The minimum Gasteiger partial charge on any atom is -0.352 e. The summed E-state index contributed by atoms with van der Waals surface area (Å²) < 4.78 is 0. The van der Waals surface area contributed by atoms with E-state index >= 15 is 0 Å². The van der Waals surface area contributed by atoms with Crippen LogP contribution in [0.4, 0.5) is 0 Å². The molecule has 0 aromatic rings. The van der Waals surface area contributed by atoms with Crippen molar-refractivity contribution in [2.24, 2.45) is 5.73 Å². The number of nitrogens with two attached hydrogens (primary N) is 1. The Morgan fingerprint density at radius 2 is 1.89 bits per heavy atom. The van der Waals surface area contributed by atoms with Crippen molar-refractivity contribution in [3.8, 4) is 0 Å². The van der Waals surface area contributed by atoms with Crippen LogP contribution < -0.4 is 11.1 Å². The second kappa shape index (κ2) is 7.25. The Bertz CT molecular complexity index is 281. The maximum atomic E-state index is 11.9. The molecule has 1 amide bonds. The van der Waals surface area contributed by atoms with Crippen LogP contribution in [-0.2, 0) is 4.79 Å². The van der Waals surface area contributed by atoms with E-state index in [1.807, 2.05) is 0 Å². The number of carbonyl (C=O) groups is 1. The second-order valence-electron chi connectivity index (χ2n) is 6.15. The smallest absolute Gasteiger partial charge is 0.237 e. The molecule has 1 aliphatic heterocycles. The molecule has 3 N–H and O–H groups in total. The topological polar surface area (TPSA) is 58.4 Å². The minimum absolute atomic E-state index is 0.0427. The standard InChI is InChI=1S/C15H29N3O/c1-2-5-14(16)15(19)17-12-8-10-18(11-9-12)13-6-3-4-7-13/h12-14H,2-11,16H2,1H3,(H,17,19). The molecule has 2 rings (SSSR count). The van der Waals surface area contributed by atoms with Gasteiger partial charge in [0.25, 0.3) is 0 Å². The van der Waals surface area contributed by atoms with Gasteiger partial charge in [0.15, 0.2) is 0 Å². The number of piperidine rings is 1. The largest absolute Gasteiger partial charge is 0.352 e. The van der Waals surface area contributed by atoms with Gasteiger partial charge < -0.3 is 16.0 Å². The highest BCUT2D eigenvalue weighted by atomic mass is 16.2. The predicted molar refractivity (Wildman–Crippen MR) is 77.9 cm³/mol. The van der Waals surface area contributed by atoms with Crippen molar-refractivity contribution in [1.29, 1.82) is 0 Å². The highest BCUT2D eigenvalue weighted by Gasteiger charge is 2.28. The van der Waals surface area contributed by atoms with Gasteiger partial charge in [-0.3, -0.25) is 4.79 Å². The van der Waals surface area contributed by atoms with Gasteiger partial charge in [-0.05, 0) is 32.1 Å². The maximum Gasteiger partial charge on any atom is 0.237 e. The number of nitrogens with zero attached hydrogens (tertiary/aromatic N) is 1. The molecule has 1 saturated heterocycles. The van der Waals surface area contributed by atoms with E-state index in [0.717, 1.165) is 44.8 Å². The van der Waals surface area contributed by atoms with Crippen molar-refractivity contribution in [2.75, 3.05) is 13.1 Å². The SMILES string of the molecule is CCCC(N)C(=O)NC1CCN(C2CCCC2)CC1. The lowest BCUT2D eigenvalue weighted by atomic mass is 10.0. The fraction of sp³-hybridized carbons (Fsp3) is 0.933. The Balaban J connectivity index is 1.69. The zero-order chi connectivity index (χ0) is 13.7. The number of amides is 1. The summed E-state index contributed by atoms with van der Waals surface area (Å²) in [6.45, 7) is 4.34. The summed E-state index contributed by atoms with van der Waals surface area (Å²) in [6.07, 6.45) is 9.46. The number of hydrogen-bond acceptors (Lipinski definition) is 3. The summed E-state index contributed by atoms with van der Waals surface area (Å²) in [4.78, 5) is 14.5. The molecule has 1 atom stereocenters. The van der Waals surface area contributed by atoms with E-state index in [9.17, 15) is 4.79 Å². The molecule has 2 fully saturated rings. The van der Waals surface area contributed by atoms with Crippen LogP contribution in [0.3, 0.4) is 0 Å². The first kappa shape index (κ1) is 14.8. The molecule has 1 saturated carbocycles. The average molecular weight is 267 g/mol. The molecule has 2 aliphatic rings. The molecule has 1 aliphatic carbocycles. The summed E-state index contributed by atoms with van der Waals surface area (Å²) in [6, 6.07) is 0.838. The number of hydrogen-bond donors (Lipinski definition) is 2. The van der Waals surface area contributed by atoms with Crippen LogP contribution in [-0.4, -0.2) is 42.0 Å². The van der Waals surface area contributed by atoms with Crippen molar-refractivity contribution < 1.29 is 4.79 Å². The van der Waals surface area contributed by atoms with Crippen LogP contribution in [0, 0.1) is 0 Å². The van der Waals surface area contributed by atoms with Gasteiger partial charge in [-0.2, -0.15) is 0 Å². The number of likely N-dealkylation sites (tertiary alicyclic amines) is 1. The monoisotopic (exact) mass is 267 g/mol.